The quantitative estimate of drug-likeness (QED) is 0.841. The Kier molecular flexibility index (Phi) is 4.76. The van der Waals surface area contributed by atoms with E-state index in [9.17, 15) is 13.2 Å². The number of carbonyl (C=O) groups excluding carboxylic acids is 1. The topological polar surface area (TPSA) is 57.7 Å². The SMILES string of the molecule is Cc1cc(C(=O)N2CCN(S(=O)(=O)c3ccccc3)CC2)sc1C. The molecule has 0 radical (unpaired) electrons. The Bertz CT molecular complexity index is 816. The number of amides is 1. The smallest absolute Gasteiger partial charge is 0.264 e. The maximum atomic E-state index is 12.6. The van der Waals surface area contributed by atoms with E-state index >= 15 is 0 Å². The van der Waals surface area contributed by atoms with Crippen LogP contribution >= 0.6 is 11.3 Å². The number of hydrogen-bond donors (Lipinski definition) is 0. The predicted octanol–water partition coefficient (Wildman–Crippen LogP) is 2.51. The van der Waals surface area contributed by atoms with Gasteiger partial charge in [0.1, 0.15) is 0 Å². The van der Waals surface area contributed by atoms with Crippen molar-refractivity contribution in [1.29, 1.82) is 0 Å². The first-order valence-electron chi connectivity index (χ1n) is 7.81. The third-order valence-electron chi connectivity index (χ3n) is 4.28. The molecule has 1 amide bonds. The number of carbonyl (C=O) groups is 1. The molecule has 1 aromatic carbocycles. The van der Waals surface area contributed by atoms with Crippen LogP contribution < -0.4 is 0 Å². The van der Waals surface area contributed by atoms with Gasteiger partial charge >= 0.3 is 0 Å². The Balaban J connectivity index is 1.69. The van der Waals surface area contributed by atoms with Crippen molar-refractivity contribution in [2.24, 2.45) is 0 Å². The summed E-state index contributed by atoms with van der Waals surface area (Å²) < 4.78 is 26.7. The average molecular weight is 364 g/mol. The van der Waals surface area contributed by atoms with Gasteiger partial charge in [-0.15, -0.1) is 11.3 Å². The molecule has 0 saturated carbocycles. The van der Waals surface area contributed by atoms with E-state index in [0.717, 1.165) is 15.3 Å². The summed E-state index contributed by atoms with van der Waals surface area (Å²) >= 11 is 1.50. The third-order valence-corrected chi connectivity index (χ3v) is 7.34. The molecule has 0 N–H and O–H groups in total. The van der Waals surface area contributed by atoms with Gasteiger partial charge in [-0.2, -0.15) is 4.31 Å². The number of piperazine rings is 1. The van der Waals surface area contributed by atoms with Crippen LogP contribution in [-0.4, -0.2) is 49.7 Å². The minimum Gasteiger partial charge on any atom is -0.335 e. The summed E-state index contributed by atoms with van der Waals surface area (Å²) in [5, 5.41) is 0. The molecule has 1 aromatic heterocycles. The normalized spacial score (nSPS) is 16.3. The summed E-state index contributed by atoms with van der Waals surface area (Å²) in [4.78, 5) is 16.5. The summed E-state index contributed by atoms with van der Waals surface area (Å²) in [6, 6.07) is 10.3. The van der Waals surface area contributed by atoms with Crippen molar-refractivity contribution in [3.05, 3.63) is 51.7 Å². The van der Waals surface area contributed by atoms with Gasteiger partial charge in [-0.25, -0.2) is 8.42 Å². The van der Waals surface area contributed by atoms with Crippen LogP contribution in [0.3, 0.4) is 0 Å². The lowest BCUT2D eigenvalue weighted by atomic mass is 10.2. The molecule has 0 bridgehead atoms. The van der Waals surface area contributed by atoms with Crippen LogP contribution in [0, 0.1) is 13.8 Å². The Morgan fingerprint density at radius 3 is 2.21 bits per heavy atom. The number of thiophene rings is 1. The van der Waals surface area contributed by atoms with E-state index < -0.39 is 10.0 Å². The van der Waals surface area contributed by atoms with Crippen LogP contribution in [0.5, 0.6) is 0 Å². The van der Waals surface area contributed by atoms with E-state index in [2.05, 4.69) is 0 Å². The fourth-order valence-electron chi connectivity index (χ4n) is 2.71. The van der Waals surface area contributed by atoms with Crippen molar-refractivity contribution >= 4 is 27.3 Å². The lowest BCUT2D eigenvalue weighted by molar-refractivity contribution is 0.0702. The zero-order valence-electron chi connectivity index (χ0n) is 13.7. The molecule has 0 spiro atoms. The first-order chi connectivity index (χ1) is 11.4. The van der Waals surface area contributed by atoms with Crippen molar-refractivity contribution in [3.8, 4) is 0 Å². The Morgan fingerprint density at radius 1 is 1.04 bits per heavy atom. The van der Waals surface area contributed by atoms with Crippen LogP contribution in [0.2, 0.25) is 0 Å². The summed E-state index contributed by atoms with van der Waals surface area (Å²) in [7, 11) is -3.48. The van der Waals surface area contributed by atoms with Gasteiger partial charge in [-0.1, -0.05) is 18.2 Å². The molecule has 2 heterocycles. The molecular weight excluding hydrogens is 344 g/mol. The summed E-state index contributed by atoms with van der Waals surface area (Å²) in [6.45, 7) is 5.48. The van der Waals surface area contributed by atoms with E-state index in [1.165, 1.54) is 15.6 Å². The second-order valence-electron chi connectivity index (χ2n) is 5.86. The van der Waals surface area contributed by atoms with E-state index in [4.69, 9.17) is 0 Å². The van der Waals surface area contributed by atoms with Gasteiger partial charge in [0.2, 0.25) is 10.0 Å². The summed E-state index contributed by atoms with van der Waals surface area (Å²) in [5.41, 5.74) is 1.12. The van der Waals surface area contributed by atoms with Crippen molar-refractivity contribution in [2.75, 3.05) is 26.2 Å². The Hall–Kier alpha value is -1.70. The maximum absolute atomic E-state index is 12.6. The highest BCUT2D eigenvalue weighted by molar-refractivity contribution is 7.89. The fraction of sp³-hybridized carbons (Fsp3) is 0.353. The van der Waals surface area contributed by atoms with Crippen molar-refractivity contribution in [2.45, 2.75) is 18.7 Å². The maximum Gasteiger partial charge on any atom is 0.264 e. The molecule has 1 aliphatic heterocycles. The highest BCUT2D eigenvalue weighted by Gasteiger charge is 2.30. The van der Waals surface area contributed by atoms with Gasteiger partial charge in [0.15, 0.2) is 0 Å². The lowest BCUT2D eigenvalue weighted by Crippen LogP contribution is -2.50. The molecule has 0 aliphatic carbocycles. The minimum absolute atomic E-state index is 0.00652. The molecule has 5 nitrogen and oxygen atoms in total. The van der Waals surface area contributed by atoms with E-state index in [0.29, 0.717) is 31.1 Å². The number of hydrogen-bond acceptors (Lipinski definition) is 4. The third kappa shape index (κ3) is 3.24. The standard InChI is InChI=1S/C17H20N2O3S2/c1-13-12-16(23-14(13)2)17(20)18-8-10-19(11-9-18)24(21,22)15-6-4-3-5-7-15/h3-7,12H,8-11H2,1-2H3. The van der Waals surface area contributed by atoms with Crippen LogP contribution in [0.4, 0.5) is 0 Å². The minimum atomic E-state index is -3.48. The molecule has 1 fully saturated rings. The van der Waals surface area contributed by atoms with Gasteiger partial charge in [0.25, 0.3) is 5.91 Å². The molecule has 0 atom stereocenters. The molecule has 1 saturated heterocycles. The highest BCUT2D eigenvalue weighted by Crippen LogP contribution is 2.23. The van der Waals surface area contributed by atoms with Gasteiger partial charge in [0.05, 0.1) is 9.77 Å². The molecule has 0 unspecified atom stereocenters. The van der Waals surface area contributed by atoms with E-state index in [1.807, 2.05) is 19.9 Å². The number of benzene rings is 1. The summed E-state index contributed by atoms with van der Waals surface area (Å²) in [5.74, 6) is -0.00652. The average Bonchev–Trinajstić information content (AvgIpc) is 2.94. The lowest BCUT2D eigenvalue weighted by Gasteiger charge is -2.33. The first kappa shape index (κ1) is 17.1. The van der Waals surface area contributed by atoms with Gasteiger partial charge < -0.3 is 4.90 Å². The number of aryl methyl sites for hydroxylation is 2. The van der Waals surface area contributed by atoms with Crippen molar-refractivity contribution < 1.29 is 13.2 Å². The van der Waals surface area contributed by atoms with E-state index in [-0.39, 0.29) is 5.91 Å². The van der Waals surface area contributed by atoms with Crippen molar-refractivity contribution in [3.63, 3.8) is 0 Å². The zero-order valence-corrected chi connectivity index (χ0v) is 15.4. The Morgan fingerprint density at radius 2 is 1.67 bits per heavy atom. The van der Waals surface area contributed by atoms with Crippen molar-refractivity contribution in [1.82, 2.24) is 9.21 Å². The second kappa shape index (κ2) is 6.66. The van der Waals surface area contributed by atoms with Gasteiger partial charge in [0, 0.05) is 31.1 Å². The molecule has 7 heteroatoms. The fourth-order valence-corrected chi connectivity index (χ4v) is 5.15. The van der Waals surface area contributed by atoms with Gasteiger partial charge in [-0.05, 0) is 37.6 Å². The molecule has 2 aromatic rings. The van der Waals surface area contributed by atoms with E-state index in [1.54, 1.807) is 35.2 Å². The van der Waals surface area contributed by atoms with Crippen LogP contribution in [-0.2, 0) is 10.0 Å². The molecule has 3 rings (SSSR count). The predicted molar refractivity (Wildman–Crippen MR) is 94.9 cm³/mol. The molecule has 128 valence electrons. The van der Waals surface area contributed by atoms with Crippen LogP contribution in [0.15, 0.2) is 41.3 Å². The summed E-state index contributed by atoms with van der Waals surface area (Å²) in [6.07, 6.45) is 0. The highest BCUT2D eigenvalue weighted by atomic mass is 32.2. The molecule has 24 heavy (non-hydrogen) atoms. The van der Waals surface area contributed by atoms with Gasteiger partial charge in [-0.3, -0.25) is 4.79 Å². The number of nitrogens with zero attached hydrogens (tertiary/aromatic N) is 2. The number of rotatable bonds is 3. The largest absolute Gasteiger partial charge is 0.335 e. The first-order valence-corrected chi connectivity index (χ1v) is 10.1. The molecular formula is C17H20N2O3S2. The number of sulfonamides is 1. The van der Waals surface area contributed by atoms with Crippen LogP contribution in [0.25, 0.3) is 0 Å². The zero-order chi connectivity index (χ0) is 17.3. The molecule has 1 aliphatic rings. The second-order valence-corrected chi connectivity index (χ2v) is 9.05. The Labute approximate surface area is 146 Å². The van der Waals surface area contributed by atoms with Crippen LogP contribution in [0.1, 0.15) is 20.1 Å². The monoisotopic (exact) mass is 364 g/mol.